The summed E-state index contributed by atoms with van der Waals surface area (Å²) in [6.45, 7) is 11.4. The van der Waals surface area contributed by atoms with E-state index in [2.05, 4.69) is 23.6 Å². The SMILES string of the molecule is CC1(C)CN(CCN)CCN1CCN. The zero-order valence-corrected chi connectivity index (χ0v) is 9.50. The second-order valence-electron chi connectivity index (χ2n) is 4.65. The van der Waals surface area contributed by atoms with E-state index in [0.29, 0.717) is 0 Å². The third-order valence-corrected chi connectivity index (χ3v) is 3.00. The summed E-state index contributed by atoms with van der Waals surface area (Å²) in [5.41, 5.74) is 11.4. The number of nitrogens with zero attached hydrogens (tertiary/aromatic N) is 2. The highest BCUT2D eigenvalue weighted by Gasteiger charge is 2.32. The van der Waals surface area contributed by atoms with Gasteiger partial charge in [-0.2, -0.15) is 0 Å². The maximum absolute atomic E-state index is 5.60. The second kappa shape index (κ2) is 5.07. The molecule has 4 N–H and O–H groups in total. The highest BCUT2D eigenvalue weighted by Crippen LogP contribution is 2.19. The van der Waals surface area contributed by atoms with Crippen LogP contribution in [0.2, 0.25) is 0 Å². The Hall–Kier alpha value is -0.160. The standard InChI is InChI=1S/C10H24N4/c1-10(2)9-13(5-3-11)7-8-14(10)6-4-12/h3-9,11-12H2,1-2H3. The number of hydrogen-bond acceptors (Lipinski definition) is 4. The van der Waals surface area contributed by atoms with E-state index in [9.17, 15) is 0 Å². The van der Waals surface area contributed by atoms with Crippen LogP contribution in [0.1, 0.15) is 13.8 Å². The summed E-state index contributed by atoms with van der Waals surface area (Å²) >= 11 is 0. The van der Waals surface area contributed by atoms with Crippen molar-refractivity contribution in [1.29, 1.82) is 0 Å². The molecule has 1 fully saturated rings. The summed E-state index contributed by atoms with van der Waals surface area (Å²) in [6.07, 6.45) is 0. The van der Waals surface area contributed by atoms with Crippen molar-refractivity contribution in [2.75, 3.05) is 45.8 Å². The fourth-order valence-electron chi connectivity index (χ4n) is 2.23. The monoisotopic (exact) mass is 200 g/mol. The van der Waals surface area contributed by atoms with Crippen LogP contribution in [-0.2, 0) is 0 Å². The van der Waals surface area contributed by atoms with Crippen LogP contribution in [0.25, 0.3) is 0 Å². The summed E-state index contributed by atoms with van der Waals surface area (Å²) in [5, 5.41) is 0. The molecule has 0 aromatic rings. The van der Waals surface area contributed by atoms with Crippen LogP contribution in [0.4, 0.5) is 0 Å². The van der Waals surface area contributed by atoms with Gasteiger partial charge in [-0.1, -0.05) is 0 Å². The van der Waals surface area contributed by atoms with Gasteiger partial charge in [0, 0.05) is 51.4 Å². The van der Waals surface area contributed by atoms with E-state index in [4.69, 9.17) is 11.5 Å². The van der Waals surface area contributed by atoms with E-state index in [-0.39, 0.29) is 5.54 Å². The quantitative estimate of drug-likeness (QED) is 0.630. The van der Waals surface area contributed by atoms with Gasteiger partial charge in [0.05, 0.1) is 0 Å². The topological polar surface area (TPSA) is 58.5 Å². The van der Waals surface area contributed by atoms with Crippen LogP contribution >= 0.6 is 0 Å². The van der Waals surface area contributed by atoms with E-state index in [1.54, 1.807) is 0 Å². The highest BCUT2D eigenvalue weighted by atomic mass is 15.3. The van der Waals surface area contributed by atoms with Crippen LogP contribution < -0.4 is 11.5 Å². The summed E-state index contributed by atoms with van der Waals surface area (Å²) in [4.78, 5) is 4.91. The molecule has 0 saturated carbocycles. The van der Waals surface area contributed by atoms with E-state index in [1.165, 1.54) is 0 Å². The Labute approximate surface area is 87.2 Å². The first-order valence-electron chi connectivity index (χ1n) is 5.47. The zero-order chi connectivity index (χ0) is 10.6. The normalized spacial score (nSPS) is 24.0. The summed E-state index contributed by atoms with van der Waals surface area (Å²) in [5.74, 6) is 0. The van der Waals surface area contributed by atoms with Crippen LogP contribution in [0, 0.1) is 0 Å². The molecule has 0 radical (unpaired) electrons. The van der Waals surface area contributed by atoms with Crippen molar-refractivity contribution in [3.8, 4) is 0 Å². The summed E-state index contributed by atoms with van der Waals surface area (Å²) in [7, 11) is 0. The van der Waals surface area contributed by atoms with Gasteiger partial charge in [0.15, 0.2) is 0 Å². The van der Waals surface area contributed by atoms with Crippen LogP contribution in [0.3, 0.4) is 0 Å². The Morgan fingerprint density at radius 1 is 1.07 bits per heavy atom. The molecule has 4 nitrogen and oxygen atoms in total. The van der Waals surface area contributed by atoms with Crippen molar-refractivity contribution < 1.29 is 0 Å². The zero-order valence-electron chi connectivity index (χ0n) is 9.50. The molecule has 4 heteroatoms. The van der Waals surface area contributed by atoms with E-state index in [1.807, 2.05) is 0 Å². The van der Waals surface area contributed by atoms with Gasteiger partial charge in [0.25, 0.3) is 0 Å². The van der Waals surface area contributed by atoms with Gasteiger partial charge in [0.1, 0.15) is 0 Å². The molecule has 0 bridgehead atoms. The van der Waals surface area contributed by atoms with Gasteiger partial charge in [-0.3, -0.25) is 9.80 Å². The van der Waals surface area contributed by atoms with Crippen molar-refractivity contribution in [3.63, 3.8) is 0 Å². The molecule has 1 rings (SSSR count). The van der Waals surface area contributed by atoms with Crippen molar-refractivity contribution in [2.45, 2.75) is 19.4 Å². The molecule has 1 aliphatic rings. The molecule has 0 aliphatic carbocycles. The minimum atomic E-state index is 0.243. The average molecular weight is 200 g/mol. The van der Waals surface area contributed by atoms with Gasteiger partial charge in [-0.05, 0) is 13.8 Å². The summed E-state index contributed by atoms with van der Waals surface area (Å²) < 4.78 is 0. The van der Waals surface area contributed by atoms with Gasteiger partial charge in [-0.25, -0.2) is 0 Å². The Bertz CT molecular complexity index is 170. The maximum atomic E-state index is 5.60. The largest absolute Gasteiger partial charge is 0.329 e. The molecule has 1 heterocycles. The van der Waals surface area contributed by atoms with E-state index in [0.717, 1.165) is 45.8 Å². The molecular weight excluding hydrogens is 176 g/mol. The van der Waals surface area contributed by atoms with Crippen molar-refractivity contribution >= 4 is 0 Å². The molecular formula is C10H24N4. The van der Waals surface area contributed by atoms with Crippen molar-refractivity contribution in [3.05, 3.63) is 0 Å². The molecule has 0 spiro atoms. The van der Waals surface area contributed by atoms with Crippen LogP contribution in [-0.4, -0.2) is 61.2 Å². The molecule has 0 aromatic heterocycles. The van der Waals surface area contributed by atoms with Gasteiger partial charge < -0.3 is 11.5 Å². The Kier molecular flexibility index (Phi) is 4.31. The number of hydrogen-bond donors (Lipinski definition) is 2. The predicted octanol–water partition coefficient (Wildman–Crippen LogP) is -0.700. The maximum Gasteiger partial charge on any atom is 0.0281 e. The third-order valence-electron chi connectivity index (χ3n) is 3.00. The van der Waals surface area contributed by atoms with Gasteiger partial charge >= 0.3 is 0 Å². The third kappa shape index (κ3) is 2.92. The first-order chi connectivity index (χ1) is 6.60. The highest BCUT2D eigenvalue weighted by molar-refractivity contribution is 4.90. The minimum Gasteiger partial charge on any atom is -0.329 e. The summed E-state index contributed by atoms with van der Waals surface area (Å²) in [6, 6.07) is 0. The molecule has 1 saturated heterocycles. The fraction of sp³-hybridized carbons (Fsp3) is 1.00. The van der Waals surface area contributed by atoms with E-state index >= 15 is 0 Å². The molecule has 0 amide bonds. The molecule has 0 aromatic carbocycles. The van der Waals surface area contributed by atoms with Crippen LogP contribution in [0.15, 0.2) is 0 Å². The number of rotatable bonds is 4. The minimum absolute atomic E-state index is 0.243. The lowest BCUT2D eigenvalue weighted by Gasteiger charge is -2.47. The first kappa shape index (κ1) is 11.9. The number of nitrogens with two attached hydrogens (primary N) is 2. The average Bonchev–Trinajstić information content (AvgIpc) is 2.10. The second-order valence-corrected chi connectivity index (χ2v) is 4.65. The predicted molar refractivity (Wildman–Crippen MR) is 60.2 cm³/mol. The lowest BCUT2D eigenvalue weighted by molar-refractivity contribution is 0.0237. The molecule has 14 heavy (non-hydrogen) atoms. The van der Waals surface area contributed by atoms with Gasteiger partial charge in [0.2, 0.25) is 0 Å². The molecule has 0 atom stereocenters. The smallest absolute Gasteiger partial charge is 0.0281 e. The van der Waals surface area contributed by atoms with Gasteiger partial charge in [-0.15, -0.1) is 0 Å². The van der Waals surface area contributed by atoms with Crippen molar-refractivity contribution in [1.82, 2.24) is 9.80 Å². The molecule has 84 valence electrons. The Morgan fingerprint density at radius 2 is 1.71 bits per heavy atom. The van der Waals surface area contributed by atoms with Crippen LogP contribution in [0.5, 0.6) is 0 Å². The fourth-order valence-corrected chi connectivity index (χ4v) is 2.23. The van der Waals surface area contributed by atoms with E-state index < -0.39 is 0 Å². The Morgan fingerprint density at radius 3 is 2.21 bits per heavy atom. The lowest BCUT2D eigenvalue weighted by atomic mass is 9.99. The van der Waals surface area contributed by atoms with Crippen molar-refractivity contribution in [2.24, 2.45) is 11.5 Å². The molecule has 0 unspecified atom stereocenters. The molecule has 1 aliphatic heterocycles. The first-order valence-corrected chi connectivity index (χ1v) is 5.47. The lowest BCUT2D eigenvalue weighted by Crippen LogP contribution is -2.60. The Balaban J connectivity index is 2.47. The number of piperazine rings is 1.